The van der Waals surface area contributed by atoms with Crippen molar-refractivity contribution in [3.8, 4) is 0 Å². The molecule has 0 bridgehead atoms. The second-order valence-corrected chi connectivity index (χ2v) is 6.99. The molecule has 0 aromatic heterocycles. The number of amides is 2. The molecule has 1 aliphatic rings. The van der Waals surface area contributed by atoms with Gasteiger partial charge in [0.25, 0.3) is 5.91 Å². The Kier molecular flexibility index (Phi) is 7.93. The van der Waals surface area contributed by atoms with Gasteiger partial charge in [0.1, 0.15) is 12.3 Å². The summed E-state index contributed by atoms with van der Waals surface area (Å²) in [5, 5.41) is 0. The summed E-state index contributed by atoms with van der Waals surface area (Å²) in [4.78, 5) is 39.6. The summed E-state index contributed by atoms with van der Waals surface area (Å²) < 4.78 is 12.7. The van der Waals surface area contributed by atoms with E-state index in [2.05, 4.69) is 0 Å². The first kappa shape index (κ1) is 20.3. The highest BCUT2D eigenvalue weighted by Gasteiger charge is 2.32. The number of unbranched alkanes of at least 4 members (excludes halogenated alkanes) is 1. The lowest BCUT2D eigenvalue weighted by atomic mass is 10.0. The highest BCUT2D eigenvalue weighted by Crippen LogP contribution is 2.15. The van der Waals surface area contributed by atoms with Crippen LogP contribution in [0.5, 0.6) is 0 Å². The van der Waals surface area contributed by atoms with Crippen molar-refractivity contribution in [1.82, 2.24) is 14.1 Å². The van der Waals surface area contributed by atoms with Crippen molar-refractivity contribution in [2.45, 2.75) is 25.3 Å². The maximum absolute atomic E-state index is 13.0. The Morgan fingerprint density at radius 3 is 2.42 bits per heavy atom. The normalized spacial score (nSPS) is 16.1. The molecular formula is C18H25N3O4S. The summed E-state index contributed by atoms with van der Waals surface area (Å²) in [5.74, 6) is -0.336. The van der Waals surface area contributed by atoms with Crippen molar-refractivity contribution >= 4 is 30.0 Å². The van der Waals surface area contributed by atoms with E-state index in [1.165, 1.54) is 4.90 Å². The van der Waals surface area contributed by atoms with Crippen molar-refractivity contribution in [3.63, 3.8) is 0 Å². The van der Waals surface area contributed by atoms with Crippen LogP contribution in [0, 0.1) is 0 Å². The number of aldehydes is 1. The van der Waals surface area contributed by atoms with Gasteiger partial charge in [0, 0.05) is 45.2 Å². The van der Waals surface area contributed by atoms with Crippen LogP contribution in [0.15, 0.2) is 30.3 Å². The summed E-state index contributed by atoms with van der Waals surface area (Å²) in [6.45, 7) is 2.03. The van der Waals surface area contributed by atoms with Gasteiger partial charge in [-0.3, -0.25) is 9.59 Å². The summed E-state index contributed by atoms with van der Waals surface area (Å²) in [5.41, 5.74) is 0.526. The van der Waals surface area contributed by atoms with Gasteiger partial charge in [0.05, 0.1) is 11.9 Å². The second-order valence-electron chi connectivity index (χ2n) is 6.26. The number of rotatable bonds is 8. The highest BCUT2D eigenvalue weighted by atomic mass is 32.2. The molecule has 1 aromatic rings. The zero-order valence-corrected chi connectivity index (χ0v) is 15.8. The zero-order chi connectivity index (χ0) is 18.9. The Hall–Kier alpha value is -2.06. The number of carbonyl (C=O) groups is 3. The van der Waals surface area contributed by atoms with E-state index in [0.29, 0.717) is 51.0 Å². The SMILES string of the molecule is CN(C(=O)c1ccccc1)[C@@H](CCCC=O)C(=O)N1CCN([SH]=O)CC1. The average molecular weight is 379 g/mol. The van der Waals surface area contributed by atoms with Crippen LogP contribution in [0.2, 0.25) is 0 Å². The number of hydrogen-bond acceptors (Lipinski definition) is 4. The molecule has 1 atom stereocenters. The Bertz CT molecular complexity index is 633. The summed E-state index contributed by atoms with van der Waals surface area (Å²) >= 11 is -0.0327. The Morgan fingerprint density at radius 2 is 1.85 bits per heavy atom. The predicted molar refractivity (Wildman–Crippen MR) is 99.9 cm³/mol. The van der Waals surface area contributed by atoms with Gasteiger partial charge in [0.15, 0.2) is 0 Å². The lowest BCUT2D eigenvalue weighted by molar-refractivity contribution is -0.137. The highest BCUT2D eigenvalue weighted by molar-refractivity contribution is 7.63. The van der Waals surface area contributed by atoms with E-state index in [1.54, 1.807) is 40.5 Å². The molecule has 1 aliphatic heterocycles. The van der Waals surface area contributed by atoms with Gasteiger partial charge in [0.2, 0.25) is 5.91 Å². The van der Waals surface area contributed by atoms with Crippen molar-refractivity contribution < 1.29 is 18.6 Å². The molecule has 2 rings (SSSR count). The fourth-order valence-electron chi connectivity index (χ4n) is 3.01. The van der Waals surface area contributed by atoms with Crippen molar-refractivity contribution in [3.05, 3.63) is 35.9 Å². The second kappa shape index (κ2) is 10.2. The van der Waals surface area contributed by atoms with Gasteiger partial charge < -0.3 is 14.6 Å². The Balaban J connectivity index is 2.11. The van der Waals surface area contributed by atoms with E-state index in [-0.39, 0.29) is 23.7 Å². The minimum Gasteiger partial charge on any atom is -0.338 e. The number of thiol groups is 1. The van der Waals surface area contributed by atoms with Crippen LogP contribution in [-0.2, 0) is 21.4 Å². The summed E-state index contributed by atoms with van der Waals surface area (Å²) in [6.07, 6.45) is 2.17. The van der Waals surface area contributed by atoms with Crippen LogP contribution >= 0.6 is 0 Å². The first-order valence-electron chi connectivity index (χ1n) is 8.71. The molecule has 0 spiro atoms. The van der Waals surface area contributed by atoms with Crippen LogP contribution in [0.1, 0.15) is 29.6 Å². The van der Waals surface area contributed by atoms with Gasteiger partial charge in [-0.2, -0.15) is 0 Å². The smallest absolute Gasteiger partial charge is 0.254 e. The van der Waals surface area contributed by atoms with Crippen molar-refractivity contribution in [2.75, 3.05) is 33.2 Å². The number of piperazine rings is 1. The molecule has 1 saturated heterocycles. The maximum atomic E-state index is 13.0. The topological polar surface area (TPSA) is 78.0 Å². The van der Waals surface area contributed by atoms with Crippen LogP contribution in [0.25, 0.3) is 0 Å². The van der Waals surface area contributed by atoms with Crippen LogP contribution in [0.3, 0.4) is 0 Å². The number of nitrogens with zero attached hydrogens (tertiary/aromatic N) is 3. The van der Waals surface area contributed by atoms with Crippen molar-refractivity contribution in [2.24, 2.45) is 0 Å². The van der Waals surface area contributed by atoms with Gasteiger partial charge in [-0.05, 0) is 25.0 Å². The number of carbonyl (C=O) groups excluding carboxylic acids is 3. The van der Waals surface area contributed by atoms with Crippen LogP contribution in [0.4, 0.5) is 0 Å². The van der Waals surface area contributed by atoms with E-state index in [4.69, 9.17) is 0 Å². The van der Waals surface area contributed by atoms with Gasteiger partial charge in [-0.15, -0.1) is 0 Å². The maximum Gasteiger partial charge on any atom is 0.254 e. The van der Waals surface area contributed by atoms with Gasteiger partial charge in [-0.1, -0.05) is 18.2 Å². The average Bonchev–Trinajstić information content (AvgIpc) is 2.70. The molecule has 8 heteroatoms. The summed E-state index contributed by atoms with van der Waals surface area (Å²) in [7, 11) is 1.63. The van der Waals surface area contributed by atoms with E-state index in [1.807, 2.05) is 6.07 Å². The number of hydrogen-bond donors (Lipinski definition) is 1. The standard InChI is InChI=1S/C18H25N3O4S/c1-19(17(23)15-7-3-2-4-8-15)16(9-5-6-14-22)18(24)20-10-12-21(26-25)13-11-20/h2-4,7-8,14,16,26H,5-6,9-13H2,1H3/t16-/m0/s1. The van der Waals surface area contributed by atoms with E-state index < -0.39 is 6.04 Å². The third-order valence-electron chi connectivity index (χ3n) is 4.58. The zero-order valence-electron chi connectivity index (χ0n) is 14.9. The first-order chi connectivity index (χ1) is 12.6. The predicted octanol–water partition coefficient (Wildman–Crippen LogP) is 0.501. The van der Waals surface area contributed by atoms with E-state index in [0.717, 1.165) is 6.29 Å². The van der Waals surface area contributed by atoms with Crippen LogP contribution in [-0.4, -0.2) is 75.7 Å². The minimum atomic E-state index is -0.612. The molecule has 0 unspecified atom stereocenters. The minimum absolute atomic E-state index is 0.0327. The fourth-order valence-corrected chi connectivity index (χ4v) is 3.35. The van der Waals surface area contributed by atoms with Gasteiger partial charge >= 0.3 is 0 Å². The quantitative estimate of drug-likeness (QED) is 0.405. The third-order valence-corrected chi connectivity index (χ3v) is 5.21. The molecule has 7 nitrogen and oxygen atoms in total. The Labute approximate surface area is 157 Å². The Morgan fingerprint density at radius 1 is 1.19 bits per heavy atom. The molecule has 0 radical (unpaired) electrons. The lowest BCUT2D eigenvalue weighted by Crippen LogP contribution is -2.54. The molecule has 142 valence electrons. The molecule has 2 amide bonds. The molecule has 0 N–H and O–H groups in total. The third kappa shape index (κ3) is 5.22. The van der Waals surface area contributed by atoms with E-state index >= 15 is 0 Å². The molecule has 26 heavy (non-hydrogen) atoms. The fraction of sp³-hybridized carbons (Fsp3) is 0.500. The molecular weight excluding hydrogens is 354 g/mol. The van der Waals surface area contributed by atoms with Gasteiger partial charge in [-0.25, -0.2) is 8.51 Å². The lowest BCUT2D eigenvalue weighted by Gasteiger charge is -2.36. The largest absolute Gasteiger partial charge is 0.338 e. The molecule has 1 heterocycles. The molecule has 0 aliphatic carbocycles. The van der Waals surface area contributed by atoms with Crippen molar-refractivity contribution in [1.29, 1.82) is 0 Å². The monoisotopic (exact) mass is 379 g/mol. The number of likely N-dealkylation sites (N-methyl/N-ethyl adjacent to an activating group) is 1. The first-order valence-corrected chi connectivity index (χ1v) is 9.48. The number of benzene rings is 1. The van der Waals surface area contributed by atoms with E-state index in [9.17, 15) is 18.6 Å². The van der Waals surface area contributed by atoms with Crippen LogP contribution < -0.4 is 0 Å². The summed E-state index contributed by atoms with van der Waals surface area (Å²) in [6, 6.07) is 8.23. The molecule has 1 fully saturated rings. The molecule has 1 aromatic carbocycles. The molecule has 0 saturated carbocycles.